The van der Waals surface area contributed by atoms with E-state index in [9.17, 15) is 14.4 Å². The molecule has 0 unspecified atom stereocenters. The van der Waals surface area contributed by atoms with Crippen molar-refractivity contribution in [2.45, 2.75) is 26.7 Å². The Morgan fingerprint density at radius 2 is 1.73 bits per heavy atom. The van der Waals surface area contributed by atoms with Gasteiger partial charge >= 0.3 is 5.97 Å². The molecule has 0 atom stereocenters. The molecule has 86 valence electrons. The summed E-state index contributed by atoms with van der Waals surface area (Å²) in [5.74, 6) is -0.509. The zero-order chi connectivity index (χ0) is 11.8. The van der Waals surface area contributed by atoms with E-state index in [1.807, 2.05) is 0 Å². The molecule has 0 saturated heterocycles. The number of Topliss-reactive ketones (excluding diaryl/α,β-unsaturated/α-hetero) is 1. The Morgan fingerprint density at radius 1 is 1.13 bits per heavy atom. The van der Waals surface area contributed by atoms with E-state index in [2.05, 4.69) is 0 Å². The molecule has 5 nitrogen and oxygen atoms in total. The van der Waals surface area contributed by atoms with Gasteiger partial charge in [0.05, 0.1) is 13.0 Å². The highest BCUT2D eigenvalue weighted by molar-refractivity contribution is 5.81. The number of nitrogens with zero attached hydrogens (tertiary/aromatic N) is 1. The Kier molecular flexibility index (Phi) is 6.33. The smallest absolute Gasteiger partial charge is 0.306 e. The Hall–Kier alpha value is -1.39. The molecule has 0 radical (unpaired) electrons. The summed E-state index contributed by atoms with van der Waals surface area (Å²) < 4.78 is 4.83. The number of ketones is 1. The van der Waals surface area contributed by atoms with Crippen molar-refractivity contribution >= 4 is 17.7 Å². The van der Waals surface area contributed by atoms with E-state index in [-0.39, 0.29) is 31.1 Å². The van der Waals surface area contributed by atoms with Crippen molar-refractivity contribution in [3.63, 3.8) is 0 Å². The van der Waals surface area contributed by atoms with E-state index in [4.69, 9.17) is 4.74 Å². The average molecular weight is 215 g/mol. The van der Waals surface area contributed by atoms with Gasteiger partial charge in [0.25, 0.3) is 0 Å². The van der Waals surface area contributed by atoms with Gasteiger partial charge in [-0.25, -0.2) is 0 Å². The quantitative estimate of drug-likeness (QED) is 0.601. The van der Waals surface area contributed by atoms with Crippen molar-refractivity contribution in [2.24, 2.45) is 0 Å². The second kappa shape index (κ2) is 6.98. The molecule has 0 heterocycles. The van der Waals surface area contributed by atoms with Crippen LogP contribution in [0, 0.1) is 0 Å². The molecule has 0 bridgehead atoms. The number of carbonyl (C=O) groups is 3. The van der Waals surface area contributed by atoms with E-state index in [1.165, 1.54) is 18.7 Å². The minimum absolute atomic E-state index is 0.0344. The largest absolute Gasteiger partial charge is 0.464 e. The van der Waals surface area contributed by atoms with Crippen LogP contribution < -0.4 is 0 Å². The van der Waals surface area contributed by atoms with Gasteiger partial charge in [0.15, 0.2) is 0 Å². The van der Waals surface area contributed by atoms with Gasteiger partial charge in [-0.05, 0) is 6.92 Å². The molecule has 0 spiro atoms. The first-order valence-corrected chi connectivity index (χ1v) is 4.80. The molecular weight excluding hydrogens is 198 g/mol. The number of hydrogen-bond donors (Lipinski definition) is 0. The molecule has 0 rings (SSSR count). The Labute approximate surface area is 89.4 Å². The Balaban J connectivity index is 3.55. The molecule has 5 heteroatoms. The summed E-state index contributed by atoms with van der Waals surface area (Å²) in [4.78, 5) is 33.8. The lowest BCUT2D eigenvalue weighted by Crippen LogP contribution is -2.28. The summed E-state index contributed by atoms with van der Waals surface area (Å²) in [6.07, 6.45) is 0.320. The monoisotopic (exact) mass is 215 g/mol. The second-order valence-corrected chi connectivity index (χ2v) is 3.36. The van der Waals surface area contributed by atoms with E-state index >= 15 is 0 Å². The number of likely N-dealkylation sites (N-methyl/N-ethyl adjacent to an activating group) is 1. The van der Waals surface area contributed by atoms with Crippen molar-refractivity contribution in [2.75, 3.05) is 20.2 Å². The highest BCUT2D eigenvalue weighted by Crippen LogP contribution is 1.94. The van der Waals surface area contributed by atoms with Crippen LogP contribution in [-0.2, 0) is 19.1 Å². The minimum atomic E-state index is -0.401. The van der Waals surface area contributed by atoms with E-state index in [0.29, 0.717) is 6.54 Å². The summed E-state index contributed by atoms with van der Waals surface area (Å²) in [6, 6.07) is 0. The zero-order valence-electron chi connectivity index (χ0n) is 9.41. The number of rotatable bonds is 6. The van der Waals surface area contributed by atoms with Gasteiger partial charge in [-0.2, -0.15) is 0 Å². The lowest BCUT2D eigenvalue weighted by molar-refractivity contribution is -0.146. The molecule has 1 amide bonds. The number of ether oxygens (including phenoxy) is 1. The van der Waals surface area contributed by atoms with Gasteiger partial charge in [-0.3, -0.25) is 9.59 Å². The van der Waals surface area contributed by atoms with Gasteiger partial charge in [-0.1, -0.05) is 0 Å². The fourth-order valence-electron chi connectivity index (χ4n) is 0.804. The molecule has 0 aliphatic carbocycles. The molecule has 0 aliphatic heterocycles. The SMILES string of the molecule is CC(=O)CCC(=O)OCCN(C)C(C)=O. The molecule has 0 aliphatic rings. The van der Waals surface area contributed by atoms with Crippen LogP contribution in [0.3, 0.4) is 0 Å². The molecular formula is C10H17NO4. The van der Waals surface area contributed by atoms with Gasteiger partial charge < -0.3 is 14.4 Å². The molecule has 0 aromatic rings. The first kappa shape index (κ1) is 13.6. The molecule has 0 fully saturated rings. The lowest BCUT2D eigenvalue weighted by atomic mass is 10.2. The van der Waals surface area contributed by atoms with Crippen molar-refractivity contribution < 1.29 is 19.1 Å². The highest BCUT2D eigenvalue weighted by Gasteiger charge is 2.06. The van der Waals surface area contributed by atoms with Crippen molar-refractivity contribution in [1.29, 1.82) is 0 Å². The predicted octanol–water partition coefficient (Wildman–Crippen LogP) is 0.377. The van der Waals surface area contributed by atoms with Gasteiger partial charge in [0.1, 0.15) is 12.4 Å². The van der Waals surface area contributed by atoms with Crippen LogP contribution in [0.5, 0.6) is 0 Å². The summed E-state index contributed by atoms with van der Waals surface area (Å²) in [7, 11) is 1.63. The van der Waals surface area contributed by atoms with Crippen molar-refractivity contribution in [3.05, 3.63) is 0 Å². The molecule has 0 aromatic heterocycles. The van der Waals surface area contributed by atoms with E-state index in [0.717, 1.165) is 0 Å². The third-order valence-electron chi connectivity index (χ3n) is 1.91. The first-order valence-electron chi connectivity index (χ1n) is 4.80. The highest BCUT2D eigenvalue weighted by atomic mass is 16.5. The van der Waals surface area contributed by atoms with Crippen LogP contribution in [0.2, 0.25) is 0 Å². The normalized spacial score (nSPS) is 9.53. The van der Waals surface area contributed by atoms with E-state index in [1.54, 1.807) is 7.05 Å². The average Bonchev–Trinajstić information content (AvgIpc) is 2.14. The second-order valence-electron chi connectivity index (χ2n) is 3.36. The molecule has 0 saturated carbocycles. The number of hydrogen-bond acceptors (Lipinski definition) is 4. The standard InChI is InChI=1S/C10H17NO4/c1-8(12)4-5-10(14)15-7-6-11(3)9(2)13/h4-7H2,1-3H3. The van der Waals surface area contributed by atoms with E-state index < -0.39 is 5.97 Å². The van der Waals surface area contributed by atoms with Gasteiger partial charge in [-0.15, -0.1) is 0 Å². The van der Waals surface area contributed by atoms with Gasteiger partial charge in [0, 0.05) is 20.4 Å². The Bertz CT molecular complexity index is 250. The summed E-state index contributed by atoms with van der Waals surface area (Å²) in [5, 5.41) is 0. The maximum atomic E-state index is 11.0. The molecule has 15 heavy (non-hydrogen) atoms. The number of carbonyl (C=O) groups excluding carboxylic acids is 3. The maximum absolute atomic E-state index is 11.0. The summed E-state index contributed by atoms with van der Waals surface area (Å²) >= 11 is 0. The Morgan fingerprint density at radius 3 is 2.20 bits per heavy atom. The number of esters is 1. The van der Waals surface area contributed by atoms with Crippen LogP contribution in [0.25, 0.3) is 0 Å². The summed E-state index contributed by atoms with van der Waals surface area (Å²) in [6.45, 7) is 3.42. The topological polar surface area (TPSA) is 63.7 Å². The minimum Gasteiger partial charge on any atom is -0.464 e. The van der Waals surface area contributed by atoms with Crippen LogP contribution in [0.1, 0.15) is 26.7 Å². The molecule has 0 N–H and O–H groups in total. The third-order valence-corrected chi connectivity index (χ3v) is 1.91. The molecule has 0 aromatic carbocycles. The summed E-state index contributed by atoms with van der Waals surface area (Å²) in [5.41, 5.74) is 0. The van der Waals surface area contributed by atoms with Crippen molar-refractivity contribution in [1.82, 2.24) is 4.90 Å². The fraction of sp³-hybridized carbons (Fsp3) is 0.700. The zero-order valence-corrected chi connectivity index (χ0v) is 9.41. The fourth-order valence-corrected chi connectivity index (χ4v) is 0.804. The van der Waals surface area contributed by atoms with Crippen LogP contribution in [0.15, 0.2) is 0 Å². The number of amides is 1. The third kappa shape index (κ3) is 7.66. The first-order chi connectivity index (χ1) is 6.93. The van der Waals surface area contributed by atoms with Crippen LogP contribution >= 0.6 is 0 Å². The van der Waals surface area contributed by atoms with Crippen LogP contribution in [0.4, 0.5) is 0 Å². The predicted molar refractivity (Wildman–Crippen MR) is 54.2 cm³/mol. The maximum Gasteiger partial charge on any atom is 0.306 e. The van der Waals surface area contributed by atoms with Crippen molar-refractivity contribution in [3.8, 4) is 0 Å². The van der Waals surface area contributed by atoms with Crippen LogP contribution in [-0.4, -0.2) is 42.8 Å². The van der Waals surface area contributed by atoms with Gasteiger partial charge in [0.2, 0.25) is 5.91 Å². The lowest BCUT2D eigenvalue weighted by Gasteiger charge is -2.14.